The van der Waals surface area contributed by atoms with E-state index in [9.17, 15) is 0 Å². The van der Waals surface area contributed by atoms with Gasteiger partial charge in [0, 0.05) is 18.4 Å². The van der Waals surface area contributed by atoms with Gasteiger partial charge >= 0.3 is 0 Å². The first-order valence-corrected chi connectivity index (χ1v) is 3.09. The molecule has 1 nitrogen and oxygen atoms in total. The highest BCUT2D eigenvalue weighted by Crippen LogP contribution is 2.34. The molecule has 0 spiro atoms. The summed E-state index contributed by atoms with van der Waals surface area (Å²) in [5.41, 5.74) is 0. The molecule has 1 heterocycles. The molecule has 0 unspecified atom stereocenters. The van der Waals surface area contributed by atoms with E-state index in [0.29, 0.717) is 0 Å². The van der Waals surface area contributed by atoms with Gasteiger partial charge in [0.15, 0.2) is 0 Å². The van der Waals surface area contributed by atoms with E-state index in [0.717, 1.165) is 6.04 Å². The molecule has 2 rings (SSSR count). The lowest BCUT2D eigenvalue weighted by molar-refractivity contribution is 0.748. The molecule has 1 aliphatic carbocycles. The minimum atomic E-state index is 0.852. The average Bonchev–Trinajstić information content (AvgIpc) is 2.49. The van der Waals surface area contributed by atoms with Crippen molar-refractivity contribution < 1.29 is 0 Å². The number of hydrogen-bond acceptors (Lipinski definition) is 0. The van der Waals surface area contributed by atoms with Crippen molar-refractivity contribution in [3.63, 3.8) is 0 Å². The number of rotatable bonds is 1. The van der Waals surface area contributed by atoms with Gasteiger partial charge in [0.05, 0.1) is 0 Å². The maximum Gasteiger partial charge on any atom is 0.0332 e. The number of hydrogen-bond donors (Lipinski definition) is 0. The van der Waals surface area contributed by atoms with E-state index in [4.69, 9.17) is 0 Å². The maximum atomic E-state index is 2.28. The molecule has 0 radical (unpaired) electrons. The lowest BCUT2D eigenvalue weighted by atomic mass is 10.7. The molecule has 1 aliphatic rings. The lowest BCUT2D eigenvalue weighted by Crippen LogP contribution is -1.85. The fourth-order valence-corrected chi connectivity index (χ4v) is 0.964. The van der Waals surface area contributed by atoms with Crippen LogP contribution in [0.15, 0.2) is 24.5 Å². The molecule has 0 atom stereocenters. The van der Waals surface area contributed by atoms with E-state index < -0.39 is 0 Å². The molecule has 0 aliphatic heterocycles. The fraction of sp³-hybridized carbons (Fsp3) is 0.429. The molecular weight excluding hydrogens is 98.1 g/mol. The van der Waals surface area contributed by atoms with E-state index in [1.54, 1.807) is 0 Å². The van der Waals surface area contributed by atoms with Crippen LogP contribution in [0.3, 0.4) is 0 Å². The van der Waals surface area contributed by atoms with Crippen LogP contribution in [0.1, 0.15) is 18.9 Å². The van der Waals surface area contributed by atoms with Crippen molar-refractivity contribution in [3.8, 4) is 0 Å². The summed E-state index contributed by atoms with van der Waals surface area (Å²) in [5.74, 6) is 0. The van der Waals surface area contributed by atoms with Gasteiger partial charge in [0.1, 0.15) is 0 Å². The van der Waals surface area contributed by atoms with E-state index >= 15 is 0 Å². The molecule has 1 aromatic rings. The van der Waals surface area contributed by atoms with Gasteiger partial charge in [-0.3, -0.25) is 0 Å². The highest BCUT2D eigenvalue weighted by molar-refractivity contribution is 4.96. The van der Waals surface area contributed by atoms with Crippen LogP contribution in [0.5, 0.6) is 0 Å². The van der Waals surface area contributed by atoms with Gasteiger partial charge in [-0.15, -0.1) is 0 Å². The van der Waals surface area contributed by atoms with Crippen LogP contribution >= 0.6 is 0 Å². The monoisotopic (exact) mass is 107 g/mol. The molecule has 1 heteroatoms. The van der Waals surface area contributed by atoms with Gasteiger partial charge < -0.3 is 4.57 Å². The smallest absolute Gasteiger partial charge is 0.0332 e. The summed E-state index contributed by atoms with van der Waals surface area (Å²) in [7, 11) is 0. The maximum absolute atomic E-state index is 2.28. The average molecular weight is 107 g/mol. The van der Waals surface area contributed by atoms with Crippen molar-refractivity contribution in [2.24, 2.45) is 0 Å². The van der Waals surface area contributed by atoms with E-state index in [1.807, 2.05) is 0 Å². The van der Waals surface area contributed by atoms with Gasteiger partial charge in [0.2, 0.25) is 0 Å². The predicted molar refractivity (Wildman–Crippen MR) is 32.7 cm³/mol. The van der Waals surface area contributed by atoms with Crippen molar-refractivity contribution in [3.05, 3.63) is 24.5 Å². The van der Waals surface area contributed by atoms with E-state index in [-0.39, 0.29) is 0 Å². The van der Waals surface area contributed by atoms with Gasteiger partial charge in [0.25, 0.3) is 0 Å². The molecular formula is C7H9N. The molecule has 1 fully saturated rings. The summed E-state index contributed by atoms with van der Waals surface area (Å²) in [4.78, 5) is 0. The molecule has 42 valence electrons. The zero-order valence-electron chi connectivity index (χ0n) is 4.75. The Balaban J connectivity index is 2.28. The van der Waals surface area contributed by atoms with Crippen LogP contribution in [0.2, 0.25) is 0 Å². The largest absolute Gasteiger partial charge is 0.351 e. The van der Waals surface area contributed by atoms with Gasteiger partial charge in [-0.2, -0.15) is 0 Å². The van der Waals surface area contributed by atoms with Crippen LogP contribution in [0, 0.1) is 0 Å². The van der Waals surface area contributed by atoms with Crippen molar-refractivity contribution in [1.82, 2.24) is 4.57 Å². The Labute approximate surface area is 48.9 Å². The zero-order valence-corrected chi connectivity index (χ0v) is 4.75. The summed E-state index contributed by atoms with van der Waals surface area (Å²) in [6.07, 6.45) is 7.04. The third kappa shape index (κ3) is 0.548. The summed E-state index contributed by atoms with van der Waals surface area (Å²) < 4.78 is 2.28. The molecule has 0 bridgehead atoms. The highest BCUT2D eigenvalue weighted by Gasteiger charge is 2.21. The molecule has 0 saturated heterocycles. The van der Waals surface area contributed by atoms with Crippen molar-refractivity contribution in [2.75, 3.05) is 0 Å². The Morgan fingerprint density at radius 1 is 1.12 bits per heavy atom. The van der Waals surface area contributed by atoms with Crippen molar-refractivity contribution >= 4 is 0 Å². The van der Waals surface area contributed by atoms with E-state index in [1.165, 1.54) is 12.8 Å². The van der Waals surface area contributed by atoms with Gasteiger partial charge in [-0.1, -0.05) is 0 Å². The number of nitrogens with zero attached hydrogens (tertiary/aromatic N) is 1. The standard InChI is InChI=1S/C7H9N/c1-2-6-8(5-1)7-3-4-7/h1-2,5-7H,3-4H2. The zero-order chi connectivity index (χ0) is 5.40. The quantitative estimate of drug-likeness (QED) is 0.516. The Morgan fingerprint density at radius 2 is 1.75 bits per heavy atom. The Morgan fingerprint density at radius 3 is 2.25 bits per heavy atom. The third-order valence-corrected chi connectivity index (χ3v) is 1.60. The first-order valence-electron chi connectivity index (χ1n) is 3.09. The highest BCUT2D eigenvalue weighted by atomic mass is 15.0. The minimum absolute atomic E-state index is 0.852. The SMILES string of the molecule is c1ccn(C2CC2)c1. The Kier molecular flexibility index (Phi) is 0.720. The first kappa shape index (κ1) is 4.19. The summed E-state index contributed by atoms with van der Waals surface area (Å²) in [6.45, 7) is 0. The van der Waals surface area contributed by atoms with Crippen molar-refractivity contribution in [2.45, 2.75) is 18.9 Å². The van der Waals surface area contributed by atoms with Crippen LogP contribution in [0.4, 0.5) is 0 Å². The molecule has 0 aromatic carbocycles. The second-order valence-electron chi connectivity index (χ2n) is 2.36. The molecule has 8 heavy (non-hydrogen) atoms. The van der Waals surface area contributed by atoms with Crippen LogP contribution in [-0.4, -0.2) is 4.57 Å². The minimum Gasteiger partial charge on any atom is -0.351 e. The Bertz CT molecular complexity index is 161. The number of aromatic nitrogens is 1. The second-order valence-corrected chi connectivity index (χ2v) is 2.36. The van der Waals surface area contributed by atoms with Crippen LogP contribution in [-0.2, 0) is 0 Å². The van der Waals surface area contributed by atoms with E-state index in [2.05, 4.69) is 29.1 Å². The normalized spacial score (nSPS) is 19.0. The third-order valence-electron chi connectivity index (χ3n) is 1.60. The van der Waals surface area contributed by atoms with Gasteiger partial charge in [-0.05, 0) is 25.0 Å². The molecule has 0 N–H and O–H groups in total. The fourth-order valence-electron chi connectivity index (χ4n) is 0.964. The molecule has 0 amide bonds. The summed E-state index contributed by atoms with van der Waals surface area (Å²) >= 11 is 0. The lowest BCUT2D eigenvalue weighted by Gasteiger charge is -1.93. The summed E-state index contributed by atoms with van der Waals surface area (Å²) in [5, 5.41) is 0. The topological polar surface area (TPSA) is 4.93 Å². The van der Waals surface area contributed by atoms with Crippen molar-refractivity contribution in [1.29, 1.82) is 0 Å². The molecule has 1 saturated carbocycles. The second kappa shape index (κ2) is 1.38. The van der Waals surface area contributed by atoms with Gasteiger partial charge in [-0.25, -0.2) is 0 Å². The predicted octanol–water partition coefficient (Wildman–Crippen LogP) is 1.82. The Hall–Kier alpha value is -0.720. The van der Waals surface area contributed by atoms with Crippen LogP contribution < -0.4 is 0 Å². The molecule has 1 aromatic heterocycles. The first-order chi connectivity index (χ1) is 3.97. The van der Waals surface area contributed by atoms with Crippen LogP contribution in [0.25, 0.3) is 0 Å². The summed E-state index contributed by atoms with van der Waals surface area (Å²) in [6, 6.07) is 5.02.